The minimum atomic E-state index is -0.368. The van der Waals surface area contributed by atoms with Gasteiger partial charge in [0.2, 0.25) is 8.61 Å². The number of hydrogen-bond acceptors (Lipinski definition) is 6. The Bertz CT molecular complexity index is 286. The fourth-order valence-electron chi connectivity index (χ4n) is 1.63. The fourth-order valence-corrected chi connectivity index (χ4v) is 1.97. The van der Waals surface area contributed by atoms with Crippen molar-refractivity contribution in [3.8, 4) is 0 Å². The van der Waals surface area contributed by atoms with Gasteiger partial charge in [-0.05, 0) is 0 Å². The van der Waals surface area contributed by atoms with E-state index in [-0.39, 0.29) is 27.9 Å². The van der Waals surface area contributed by atoms with Crippen molar-refractivity contribution in [2.75, 3.05) is 65.8 Å². The summed E-state index contributed by atoms with van der Waals surface area (Å²) in [6.07, 6.45) is -0.368. The number of rotatable bonds is 9. The van der Waals surface area contributed by atoms with E-state index in [0.29, 0.717) is 52.6 Å². The van der Waals surface area contributed by atoms with Crippen molar-refractivity contribution in [2.45, 2.75) is 0 Å². The van der Waals surface area contributed by atoms with Gasteiger partial charge in [-0.25, -0.2) is 9.46 Å². The third-order valence-corrected chi connectivity index (χ3v) is 3.32. The maximum atomic E-state index is 11.7. The van der Waals surface area contributed by atoms with E-state index in [1.54, 1.807) is 9.57 Å². The Balaban J connectivity index is 1.96. The summed E-state index contributed by atoms with van der Waals surface area (Å²) in [5.74, 6) is 0. The second kappa shape index (κ2) is 10.9. The zero-order valence-corrected chi connectivity index (χ0v) is 12.3. The third kappa shape index (κ3) is 7.12. The number of hydrogen-bond donors (Lipinski definition) is 1. The molecular formula is C11H21N2O6P. The molecule has 1 amide bonds. The number of aliphatic hydroxyl groups excluding tert-OH is 1. The van der Waals surface area contributed by atoms with E-state index >= 15 is 0 Å². The molecule has 0 aromatic carbocycles. The van der Waals surface area contributed by atoms with Crippen LogP contribution in [0.4, 0.5) is 4.79 Å². The van der Waals surface area contributed by atoms with Crippen LogP contribution in [0.1, 0.15) is 0 Å². The lowest BCUT2D eigenvalue weighted by Crippen LogP contribution is -2.45. The molecule has 0 bridgehead atoms. The van der Waals surface area contributed by atoms with Crippen LogP contribution in [0.5, 0.6) is 0 Å². The number of carbonyl (C=O) groups excluding carboxylic acids is 1. The fraction of sp³-hybridized carbons (Fsp3) is 0.909. The highest BCUT2D eigenvalue weighted by molar-refractivity contribution is 7.20. The molecule has 0 aromatic rings. The molecule has 0 aliphatic carbocycles. The Hall–Kier alpha value is -0.790. The highest BCUT2D eigenvalue weighted by atomic mass is 31.1. The topological polar surface area (TPSA) is 88.5 Å². The Morgan fingerprint density at radius 3 is 2.20 bits per heavy atom. The van der Waals surface area contributed by atoms with Gasteiger partial charge in [0.25, 0.3) is 0 Å². The van der Waals surface area contributed by atoms with Crippen molar-refractivity contribution in [3.63, 3.8) is 0 Å². The van der Waals surface area contributed by atoms with Gasteiger partial charge in [-0.2, -0.15) is 0 Å². The van der Waals surface area contributed by atoms with Gasteiger partial charge in [-0.15, -0.1) is 0 Å². The van der Waals surface area contributed by atoms with E-state index < -0.39 is 0 Å². The largest absolute Gasteiger partial charge is 0.447 e. The minimum Gasteiger partial charge on any atom is -0.447 e. The molecule has 1 aliphatic heterocycles. The first-order chi connectivity index (χ1) is 9.77. The number of amides is 1. The van der Waals surface area contributed by atoms with Crippen LogP contribution < -0.4 is 0 Å². The molecule has 9 heteroatoms. The van der Waals surface area contributed by atoms with E-state index in [1.807, 2.05) is 0 Å². The van der Waals surface area contributed by atoms with Crippen LogP contribution in [0.3, 0.4) is 0 Å². The summed E-state index contributed by atoms with van der Waals surface area (Å²) in [7, 11) is -0.00173. The molecule has 0 radical (unpaired) electrons. The lowest BCUT2D eigenvalue weighted by molar-refractivity contribution is 0.0130. The maximum Gasteiger partial charge on any atom is 0.409 e. The highest BCUT2D eigenvalue weighted by Crippen LogP contribution is 2.10. The molecule has 1 rings (SSSR count). The second-order valence-electron chi connectivity index (χ2n) is 4.09. The normalized spacial score (nSPS) is 16.6. The monoisotopic (exact) mass is 308 g/mol. The molecule has 0 unspecified atom stereocenters. The average molecular weight is 308 g/mol. The summed E-state index contributed by atoms with van der Waals surface area (Å²) in [5.41, 5.74) is 0. The second-order valence-corrected chi connectivity index (χ2v) is 4.81. The van der Waals surface area contributed by atoms with Gasteiger partial charge in [0, 0.05) is 26.2 Å². The molecular weight excluding hydrogens is 287 g/mol. The van der Waals surface area contributed by atoms with Crippen LogP contribution in [-0.2, 0) is 18.8 Å². The van der Waals surface area contributed by atoms with Crippen molar-refractivity contribution in [3.05, 3.63) is 0 Å². The lowest BCUT2D eigenvalue weighted by atomic mass is 10.4. The SMILES string of the molecule is O=PN1CCN(C(=O)OCCOCCOCCO)CC1. The Morgan fingerprint density at radius 1 is 1.00 bits per heavy atom. The molecule has 1 N–H and O–H groups in total. The first kappa shape index (κ1) is 17.3. The molecule has 0 saturated carbocycles. The first-order valence-electron chi connectivity index (χ1n) is 6.54. The smallest absolute Gasteiger partial charge is 0.409 e. The van der Waals surface area contributed by atoms with Crippen LogP contribution in [0.25, 0.3) is 0 Å². The number of ether oxygens (including phenoxy) is 3. The summed E-state index contributed by atoms with van der Waals surface area (Å²) in [4.78, 5) is 13.3. The summed E-state index contributed by atoms with van der Waals surface area (Å²) < 4.78 is 27.6. The standard InChI is InChI=1S/C11H21N2O6P/c14-5-6-17-7-8-18-9-10-19-11(15)12-1-3-13(20-16)4-2-12/h14H,1-10H2. The Labute approximate surface area is 119 Å². The highest BCUT2D eigenvalue weighted by Gasteiger charge is 2.21. The van der Waals surface area contributed by atoms with Crippen molar-refractivity contribution < 1.29 is 28.7 Å². The maximum absolute atomic E-state index is 11.7. The molecule has 0 atom stereocenters. The number of nitrogens with zero attached hydrogens (tertiary/aromatic N) is 2. The first-order valence-corrected chi connectivity index (χ1v) is 7.30. The van der Waals surface area contributed by atoms with Crippen molar-refractivity contribution in [1.82, 2.24) is 9.57 Å². The zero-order valence-electron chi connectivity index (χ0n) is 11.4. The molecule has 8 nitrogen and oxygen atoms in total. The summed E-state index contributed by atoms with van der Waals surface area (Å²) in [6, 6.07) is 0. The molecule has 1 heterocycles. The van der Waals surface area contributed by atoms with Gasteiger partial charge < -0.3 is 24.2 Å². The third-order valence-electron chi connectivity index (χ3n) is 2.69. The quantitative estimate of drug-likeness (QED) is 0.473. The molecule has 0 aromatic heterocycles. The minimum absolute atomic E-state index is 0.00173. The van der Waals surface area contributed by atoms with Gasteiger partial charge in [-0.3, -0.25) is 4.57 Å². The molecule has 116 valence electrons. The van der Waals surface area contributed by atoms with Gasteiger partial charge in [0.1, 0.15) is 6.61 Å². The van der Waals surface area contributed by atoms with E-state index in [0.717, 1.165) is 0 Å². The number of carbonyl (C=O) groups is 1. The van der Waals surface area contributed by atoms with Gasteiger partial charge in [0.05, 0.1) is 33.0 Å². The van der Waals surface area contributed by atoms with Crippen LogP contribution >= 0.6 is 8.61 Å². The van der Waals surface area contributed by atoms with Gasteiger partial charge in [0.15, 0.2) is 0 Å². The van der Waals surface area contributed by atoms with Crippen molar-refractivity contribution >= 4 is 14.7 Å². The van der Waals surface area contributed by atoms with Crippen LogP contribution in [-0.4, -0.2) is 86.6 Å². The number of aliphatic hydroxyl groups is 1. The number of piperazine rings is 1. The van der Waals surface area contributed by atoms with Crippen molar-refractivity contribution in [2.24, 2.45) is 0 Å². The van der Waals surface area contributed by atoms with Crippen molar-refractivity contribution in [1.29, 1.82) is 0 Å². The predicted molar refractivity (Wildman–Crippen MR) is 70.8 cm³/mol. The van der Waals surface area contributed by atoms with E-state index in [4.69, 9.17) is 19.3 Å². The molecule has 1 saturated heterocycles. The summed E-state index contributed by atoms with van der Waals surface area (Å²) in [6.45, 7) is 3.81. The zero-order chi connectivity index (χ0) is 14.6. The summed E-state index contributed by atoms with van der Waals surface area (Å²) in [5, 5.41) is 8.48. The van der Waals surface area contributed by atoms with E-state index in [9.17, 15) is 9.36 Å². The van der Waals surface area contributed by atoms with Gasteiger partial charge >= 0.3 is 6.09 Å². The van der Waals surface area contributed by atoms with E-state index in [1.165, 1.54) is 0 Å². The van der Waals surface area contributed by atoms with Crippen LogP contribution in [0, 0.1) is 0 Å². The Morgan fingerprint density at radius 2 is 1.60 bits per heavy atom. The molecule has 20 heavy (non-hydrogen) atoms. The average Bonchev–Trinajstić information content (AvgIpc) is 2.50. The molecule has 1 fully saturated rings. The van der Waals surface area contributed by atoms with E-state index in [2.05, 4.69) is 0 Å². The Kier molecular flexibility index (Phi) is 9.44. The molecule has 0 spiro atoms. The predicted octanol–water partition coefficient (Wildman–Crippen LogP) is -0.0272. The van der Waals surface area contributed by atoms with Crippen LogP contribution in [0.2, 0.25) is 0 Å². The van der Waals surface area contributed by atoms with Gasteiger partial charge in [-0.1, -0.05) is 0 Å². The van der Waals surface area contributed by atoms with Crippen LogP contribution in [0.15, 0.2) is 0 Å². The lowest BCUT2D eigenvalue weighted by Gasteiger charge is -2.29. The molecule has 1 aliphatic rings. The summed E-state index contributed by atoms with van der Waals surface area (Å²) >= 11 is 0.